The minimum absolute atomic E-state index is 0.144. The first-order valence-electron chi connectivity index (χ1n) is 8.50. The van der Waals surface area contributed by atoms with Gasteiger partial charge in [-0.15, -0.1) is 0 Å². The number of nitrogens with one attached hydrogen (secondary N) is 1. The van der Waals surface area contributed by atoms with Crippen molar-refractivity contribution in [3.8, 4) is 0 Å². The quantitative estimate of drug-likeness (QED) is 0.810. The second-order valence-electron chi connectivity index (χ2n) is 6.47. The zero-order chi connectivity index (χ0) is 17.8. The third kappa shape index (κ3) is 3.87. The van der Waals surface area contributed by atoms with Crippen LogP contribution in [0, 0.1) is 5.92 Å². The maximum absolute atomic E-state index is 12.6. The highest BCUT2D eigenvalue weighted by atomic mass is 16.5. The molecule has 1 fully saturated rings. The summed E-state index contributed by atoms with van der Waals surface area (Å²) in [7, 11) is 0. The van der Waals surface area contributed by atoms with Crippen molar-refractivity contribution in [2.75, 3.05) is 18.0 Å². The normalized spacial score (nSPS) is 17.3. The maximum Gasteiger partial charge on any atom is 0.239 e. The number of benzene rings is 1. The maximum atomic E-state index is 12.6. The van der Waals surface area contributed by atoms with E-state index >= 15 is 0 Å². The van der Waals surface area contributed by atoms with Gasteiger partial charge in [-0.05, 0) is 30.0 Å². The van der Waals surface area contributed by atoms with E-state index in [-0.39, 0.29) is 11.8 Å². The molecular formula is C18H22N4O3. The molecule has 1 N–H and O–H groups in total. The Kier molecular flexibility index (Phi) is 5.11. The van der Waals surface area contributed by atoms with E-state index in [0.717, 1.165) is 5.69 Å². The van der Waals surface area contributed by atoms with Crippen LogP contribution in [0.25, 0.3) is 0 Å². The van der Waals surface area contributed by atoms with Gasteiger partial charge in [-0.1, -0.05) is 31.1 Å². The van der Waals surface area contributed by atoms with Crippen LogP contribution in [-0.2, 0) is 16.0 Å². The fraction of sp³-hybridized carbons (Fsp3) is 0.444. The number of aromatic nitrogens is 2. The summed E-state index contributed by atoms with van der Waals surface area (Å²) >= 11 is 0. The Morgan fingerprint density at radius 1 is 1.36 bits per heavy atom. The van der Waals surface area contributed by atoms with Crippen molar-refractivity contribution >= 4 is 17.5 Å². The molecule has 0 spiro atoms. The number of carbonyl (C=O) groups is 2. The molecule has 3 rings (SSSR count). The van der Waals surface area contributed by atoms with Crippen molar-refractivity contribution in [1.82, 2.24) is 15.5 Å². The molecule has 132 valence electrons. The standard InChI is InChI=1S/C18H22N4O3/c1-12(2)13-3-5-14(6-4-13)22-10-8-15(18(22)24)17(23)19-9-7-16-20-11-25-21-16/h3-6,11-12,15H,7-10H2,1-2H3,(H,19,23)/t15-/m1/s1. The van der Waals surface area contributed by atoms with E-state index in [2.05, 4.69) is 33.8 Å². The van der Waals surface area contributed by atoms with Gasteiger partial charge in [0, 0.05) is 25.2 Å². The molecule has 25 heavy (non-hydrogen) atoms. The highest BCUT2D eigenvalue weighted by Crippen LogP contribution is 2.27. The third-order valence-corrected chi connectivity index (χ3v) is 4.45. The average molecular weight is 342 g/mol. The molecular weight excluding hydrogens is 320 g/mol. The van der Waals surface area contributed by atoms with E-state index in [1.807, 2.05) is 24.3 Å². The van der Waals surface area contributed by atoms with Gasteiger partial charge in [-0.2, -0.15) is 4.98 Å². The molecule has 1 aromatic carbocycles. The molecule has 7 nitrogen and oxygen atoms in total. The van der Waals surface area contributed by atoms with Crippen LogP contribution >= 0.6 is 0 Å². The highest BCUT2D eigenvalue weighted by Gasteiger charge is 2.37. The van der Waals surface area contributed by atoms with Gasteiger partial charge in [0.1, 0.15) is 5.92 Å². The van der Waals surface area contributed by atoms with Crippen molar-refractivity contribution in [3.05, 3.63) is 42.0 Å². The number of rotatable bonds is 6. The molecule has 0 saturated carbocycles. The Balaban J connectivity index is 1.56. The van der Waals surface area contributed by atoms with Crippen LogP contribution < -0.4 is 10.2 Å². The SMILES string of the molecule is CC(C)c1ccc(N2CC[C@H](C(=O)NCCc3ncon3)C2=O)cc1. The average Bonchev–Trinajstić information content (AvgIpc) is 3.24. The zero-order valence-electron chi connectivity index (χ0n) is 14.4. The third-order valence-electron chi connectivity index (χ3n) is 4.45. The van der Waals surface area contributed by atoms with Crippen LogP contribution in [0.2, 0.25) is 0 Å². The molecule has 1 aromatic heterocycles. The van der Waals surface area contributed by atoms with E-state index in [1.165, 1.54) is 12.0 Å². The number of carbonyl (C=O) groups excluding carboxylic acids is 2. The predicted molar refractivity (Wildman–Crippen MR) is 92.0 cm³/mol. The number of anilines is 1. The predicted octanol–water partition coefficient (Wildman–Crippen LogP) is 1.90. The molecule has 0 bridgehead atoms. The molecule has 1 aliphatic heterocycles. The number of hydrogen-bond acceptors (Lipinski definition) is 5. The van der Waals surface area contributed by atoms with E-state index < -0.39 is 5.92 Å². The van der Waals surface area contributed by atoms with Gasteiger partial charge in [0.2, 0.25) is 18.2 Å². The highest BCUT2D eigenvalue weighted by molar-refractivity contribution is 6.09. The lowest BCUT2D eigenvalue weighted by molar-refractivity contribution is -0.132. The largest absolute Gasteiger partial charge is 0.355 e. The summed E-state index contributed by atoms with van der Waals surface area (Å²) in [5.74, 6) is -0.0369. The van der Waals surface area contributed by atoms with E-state index in [1.54, 1.807) is 4.90 Å². The molecule has 0 unspecified atom stereocenters. The lowest BCUT2D eigenvalue weighted by atomic mass is 10.0. The Morgan fingerprint density at radius 2 is 2.12 bits per heavy atom. The summed E-state index contributed by atoms with van der Waals surface area (Å²) in [6, 6.07) is 7.96. The number of amides is 2. The van der Waals surface area contributed by atoms with Crippen LogP contribution in [0.15, 0.2) is 35.2 Å². The summed E-state index contributed by atoms with van der Waals surface area (Å²) in [5.41, 5.74) is 2.07. The fourth-order valence-electron chi connectivity index (χ4n) is 2.94. The van der Waals surface area contributed by atoms with Crippen molar-refractivity contribution in [2.24, 2.45) is 5.92 Å². The van der Waals surface area contributed by atoms with Crippen molar-refractivity contribution in [1.29, 1.82) is 0 Å². The van der Waals surface area contributed by atoms with Gasteiger partial charge < -0.3 is 14.7 Å². The van der Waals surface area contributed by atoms with Crippen molar-refractivity contribution in [3.63, 3.8) is 0 Å². The zero-order valence-corrected chi connectivity index (χ0v) is 14.4. The minimum Gasteiger partial charge on any atom is -0.355 e. The molecule has 2 heterocycles. The lowest BCUT2D eigenvalue weighted by Gasteiger charge is -2.17. The second kappa shape index (κ2) is 7.46. The summed E-state index contributed by atoms with van der Waals surface area (Å²) in [6.07, 6.45) is 2.25. The molecule has 1 atom stereocenters. The smallest absolute Gasteiger partial charge is 0.239 e. The molecule has 1 aliphatic rings. The summed E-state index contributed by atoms with van der Waals surface area (Å²) in [5, 5.41) is 6.47. The monoisotopic (exact) mass is 342 g/mol. The first-order chi connectivity index (χ1) is 12.1. The van der Waals surface area contributed by atoms with Gasteiger partial charge in [0.25, 0.3) is 0 Å². The Bertz CT molecular complexity index is 725. The molecule has 2 amide bonds. The van der Waals surface area contributed by atoms with E-state index in [0.29, 0.717) is 37.7 Å². The summed E-state index contributed by atoms with van der Waals surface area (Å²) < 4.78 is 4.64. The summed E-state index contributed by atoms with van der Waals surface area (Å²) in [6.45, 7) is 5.20. The topological polar surface area (TPSA) is 88.3 Å². The Labute approximate surface area is 146 Å². The van der Waals surface area contributed by atoms with Crippen molar-refractivity contribution < 1.29 is 14.1 Å². The molecule has 0 aliphatic carbocycles. The van der Waals surface area contributed by atoms with Crippen LogP contribution in [0.1, 0.15) is 37.6 Å². The lowest BCUT2D eigenvalue weighted by Crippen LogP contribution is -2.37. The van der Waals surface area contributed by atoms with Gasteiger partial charge >= 0.3 is 0 Å². The second-order valence-corrected chi connectivity index (χ2v) is 6.47. The first kappa shape index (κ1) is 17.1. The van der Waals surface area contributed by atoms with Gasteiger partial charge in [-0.25, -0.2) is 0 Å². The fourth-order valence-corrected chi connectivity index (χ4v) is 2.94. The minimum atomic E-state index is -0.630. The Morgan fingerprint density at radius 3 is 2.76 bits per heavy atom. The van der Waals surface area contributed by atoms with Gasteiger partial charge in [0.05, 0.1) is 0 Å². The number of nitrogens with zero attached hydrogens (tertiary/aromatic N) is 3. The Hall–Kier alpha value is -2.70. The van der Waals surface area contributed by atoms with Crippen molar-refractivity contribution in [2.45, 2.75) is 32.6 Å². The van der Waals surface area contributed by atoms with Gasteiger partial charge in [-0.3, -0.25) is 9.59 Å². The van der Waals surface area contributed by atoms with E-state index in [4.69, 9.17) is 0 Å². The molecule has 0 radical (unpaired) electrons. The van der Waals surface area contributed by atoms with Crippen LogP contribution in [0.5, 0.6) is 0 Å². The molecule has 7 heteroatoms. The summed E-state index contributed by atoms with van der Waals surface area (Å²) in [4.78, 5) is 30.4. The molecule has 2 aromatic rings. The van der Waals surface area contributed by atoms with Crippen LogP contribution in [0.4, 0.5) is 5.69 Å². The first-order valence-corrected chi connectivity index (χ1v) is 8.50. The van der Waals surface area contributed by atoms with Crippen LogP contribution in [-0.4, -0.2) is 35.0 Å². The molecule has 1 saturated heterocycles. The van der Waals surface area contributed by atoms with E-state index in [9.17, 15) is 9.59 Å². The number of hydrogen-bond donors (Lipinski definition) is 1. The van der Waals surface area contributed by atoms with Crippen LogP contribution in [0.3, 0.4) is 0 Å². The van der Waals surface area contributed by atoms with Gasteiger partial charge in [0.15, 0.2) is 5.82 Å².